The first-order valence-electron chi connectivity index (χ1n) is 12.5. The summed E-state index contributed by atoms with van der Waals surface area (Å²) in [6.07, 6.45) is 19.7. The van der Waals surface area contributed by atoms with E-state index in [1.165, 1.54) is 38.9 Å². The van der Waals surface area contributed by atoms with Crippen LogP contribution in [0, 0.1) is 0 Å². The van der Waals surface area contributed by atoms with E-state index in [0.29, 0.717) is 6.54 Å². The zero-order chi connectivity index (χ0) is 23.7. The molecule has 1 unspecified atom stereocenters. The van der Waals surface area contributed by atoms with Gasteiger partial charge in [0.2, 0.25) is 0 Å². The van der Waals surface area contributed by atoms with Crippen LogP contribution in [0.5, 0.6) is 0 Å². The van der Waals surface area contributed by atoms with Crippen molar-refractivity contribution in [1.29, 1.82) is 0 Å². The van der Waals surface area contributed by atoms with Crippen LogP contribution in [0.2, 0.25) is 0 Å². The van der Waals surface area contributed by atoms with Crippen LogP contribution >= 0.6 is 0 Å². The van der Waals surface area contributed by atoms with Crippen molar-refractivity contribution in [1.82, 2.24) is 4.90 Å². The third kappa shape index (κ3) is 3.70. The minimum absolute atomic E-state index is 0.652. The number of fused-ring (bicyclic) bond motifs is 5. The zero-order valence-electron chi connectivity index (χ0n) is 19.9. The molecule has 0 fully saturated rings. The van der Waals surface area contributed by atoms with Crippen molar-refractivity contribution in [2.24, 2.45) is 0 Å². The molecule has 0 saturated heterocycles. The number of carbonyl (C=O) groups excluding carboxylic acids is 1. The summed E-state index contributed by atoms with van der Waals surface area (Å²) in [5, 5.41) is 0. The Morgan fingerprint density at radius 2 is 1.51 bits per heavy atom. The molecule has 2 aliphatic carbocycles. The standard InChI is InChI=1S/C33H29NO/c35-24-33(21-8-1-2-9-22-34(33)23-25-11-4-3-5-12-25)32-16-10-15-28-30-18-17-26-13-6-7-14-27(26)29(30)19-20-31(28)32/h1-9,11-14,16,19-22,24H,10,15,17-18,23H2. The van der Waals surface area contributed by atoms with Crippen LogP contribution in [-0.4, -0.2) is 16.7 Å². The lowest BCUT2D eigenvalue weighted by Crippen LogP contribution is -2.47. The maximum atomic E-state index is 13.1. The van der Waals surface area contributed by atoms with Crippen molar-refractivity contribution in [3.63, 3.8) is 0 Å². The number of carbonyl (C=O) groups is 1. The Labute approximate surface area is 207 Å². The Kier molecular flexibility index (Phi) is 5.58. The summed E-state index contributed by atoms with van der Waals surface area (Å²) in [5.41, 5.74) is 9.69. The summed E-state index contributed by atoms with van der Waals surface area (Å²) in [6.45, 7) is 0.652. The zero-order valence-corrected chi connectivity index (χ0v) is 19.9. The Bertz CT molecular complexity index is 1390. The molecule has 172 valence electrons. The van der Waals surface area contributed by atoms with Crippen LogP contribution in [-0.2, 0) is 30.6 Å². The number of allylic oxidation sites excluding steroid dienone is 5. The van der Waals surface area contributed by atoms with Gasteiger partial charge < -0.3 is 4.90 Å². The molecule has 2 heteroatoms. The Balaban J connectivity index is 1.49. The molecule has 1 atom stereocenters. The summed E-state index contributed by atoms with van der Waals surface area (Å²) in [7, 11) is 0. The van der Waals surface area contributed by atoms with Crippen molar-refractivity contribution in [2.45, 2.75) is 37.8 Å². The minimum atomic E-state index is -0.868. The van der Waals surface area contributed by atoms with Crippen LogP contribution < -0.4 is 0 Å². The first-order chi connectivity index (χ1) is 17.3. The maximum Gasteiger partial charge on any atom is 0.154 e. The van der Waals surface area contributed by atoms with Gasteiger partial charge in [-0.05, 0) is 82.4 Å². The molecule has 0 saturated carbocycles. The predicted molar refractivity (Wildman–Crippen MR) is 144 cm³/mol. The molecule has 0 radical (unpaired) electrons. The van der Waals surface area contributed by atoms with Gasteiger partial charge in [0.05, 0.1) is 0 Å². The van der Waals surface area contributed by atoms with Crippen molar-refractivity contribution >= 4 is 11.9 Å². The van der Waals surface area contributed by atoms with Gasteiger partial charge in [0.25, 0.3) is 0 Å². The highest BCUT2D eigenvalue weighted by Crippen LogP contribution is 2.44. The number of rotatable bonds is 4. The van der Waals surface area contributed by atoms with Gasteiger partial charge in [-0.25, -0.2) is 0 Å². The van der Waals surface area contributed by atoms with Crippen LogP contribution in [0.25, 0.3) is 16.7 Å². The van der Waals surface area contributed by atoms with E-state index < -0.39 is 5.54 Å². The largest absolute Gasteiger partial charge is 0.354 e. The molecule has 0 amide bonds. The lowest BCUT2D eigenvalue weighted by atomic mass is 9.73. The van der Waals surface area contributed by atoms with E-state index in [9.17, 15) is 4.79 Å². The van der Waals surface area contributed by atoms with Crippen LogP contribution in [0.3, 0.4) is 0 Å². The summed E-state index contributed by atoms with van der Waals surface area (Å²) >= 11 is 0. The fourth-order valence-electron chi connectivity index (χ4n) is 5.96. The summed E-state index contributed by atoms with van der Waals surface area (Å²) in [5.74, 6) is 0. The Hall–Kier alpha value is -3.91. The molecule has 3 aromatic carbocycles. The first-order valence-corrected chi connectivity index (χ1v) is 12.5. The van der Waals surface area contributed by atoms with Crippen molar-refractivity contribution in [3.8, 4) is 11.1 Å². The second-order valence-electron chi connectivity index (χ2n) is 9.57. The highest BCUT2D eigenvalue weighted by atomic mass is 16.1. The van der Waals surface area contributed by atoms with Gasteiger partial charge in [-0.15, -0.1) is 0 Å². The fourth-order valence-corrected chi connectivity index (χ4v) is 5.96. The van der Waals surface area contributed by atoms with Gasteiger partial charge in [0.1, 0.15) is 5.54 Å². The van der Waals surface area contributed by atoms with Gasteiger partial charge in [0, 0.05) is 12.7 Å². The van der Waals surface area contributed by atoms with Crippen molar-refractivity contribution < 1.29 is 4.79 Å². The summed E-state index contributed by atoms with van der Waals surface area (Å²) in [4.78, 5) is 15.3. The molecule has 0 bridgehead atoms. The van der Waals surface area contributed by atoms with E-state index in [1.807, 2.05) is 30.4 Å². The molecule has 3 aromatic rings. The number of aryl methyl sites for hydroxylation is 1. The average molecular weight is 456 g/mol. The van der Waals surface area contributed by atoms with E-state index in [-0.39, 0.29) is 0 Å². The molecule has 0 spiro atoms. The monoisotopic (exact) mass is 455 g/mol. The van der Waals surface area contributed by atoms with E-state index in [1.54, 1.807) is 0 Å². The van der Waals surface area contributed by atoms with E-state index >= 15 is 0 Å². The van der Waals surface area contributed by atoms with Crippen LogP contribution in [0.1, 0.15) is 34.2 Å². The molecule has 35 heavy (non-hydrogen) atoms. The van der Waals surface area contributed by atoms with Gasteiger partial charge in [-0.3, -0.25) is 4.79 Å². The second-order valence-corrected chi connectivity index (χ2v) is 9.57. The molecule has 6 rings (SSSR count). The summed E-state index contributed by atoms with van der Waals surface area (Å²) in [6, 6.07) is 23.7. The molecule has 0 aromatic heterocycles. The van der Waals surface area contributed by atoms with Gasteiger partial charge in [0.15, 0.2) is 6.29 Å². The minimum Gasteiger partial charge on any atom is -0.354 e. The highest BCUT2D eigenvalue weighted by molar-refractivity contribution is 5.95. The molecular formula is C33H29NO. The number of aldehydes is 1. The Morgan fingerprint density at radius 3 is 2.40 bits per heavy atom. The smallest absolute Gasteiger partial charge is 0.154 e. The SMILES string of the molecule is O=CC1(C2=CCCc3c2ccc2c3CCc3ccccc3-2)C=CC=CC=CN1Cc1ccccc1. The second kappa shape index (κ2) is 9.03. The molecule has 1 heterocycles. The summed E-state index contributed by atoms with van der Waals surface area (Å²) < 4.78 is 0. The number of nitrogens with zero attached hydrogens (tertiary/aromatic N) is 1. The maximum absolute atomic E-state index is 13.1. The van der Waals surface area contributed by atoms with Crippen LogP contribution in [0.15, 0.2) is 109 Å². The lowest BCUT2D eigenvalue weighted by Gasteiger charge is -2.42. The van der Waals surface area contributed by atoms with Gasteiger partial charge >= 0.3 is 0 Å². The topological polar surface area (TPSA) is 20.3 Å². The highest BCUT2D eigenvalue weighted by Gasteiger charge is 2.40. The lowest BCUT2D eigenvalue weighted by molar-refractivity contribution is -0.112. The van der Waals surface area contributed by atoms with E-state index in [2.05, 4.69) is 83.9 Å². The van der Waals surface area contributed by atoms with E-state index in [4.69, 9.17) is 0 Å². The van der Waals surface area contributed by atoms with Crippen molar-refractivity contribution in [2.75, 3.05) is 0 Å². The molecule has 1 aliphatic heterocycles. The predicted octanol–water partition coefficient (Wildman–Crippen LogP) is 6.86. The first kappa shape index (κ1) is 21.6. The van der Waals surface area contributed by atoms with Gasteiger partial charge in [-0.1, -0.05) is 91.0 Å². The fraction of sp³-hybridized carbons (Fsp3) is 0.182. The number of benzene rings is 3. The normalized spacial score (nSPS) is 20.2. The molecular weight excluding hydrogens is 426 g/mol. The molecule has 3 aliphatic rings. The van der Waals surface area contributed by atoms with E-state index in [0.717, 1.165) is 37.5 Å². The van der Waals surface area contributed by atoms with Crippen molar-refractivity contribution in [3.05, 3.63) is 137 Å². The molecule has 0 N–H and O–H groups in total. The van der Waals surface area contributed by atoms with Gasteiger partial charge in [-0.2, -0.15) is 0 Å². The van der Waals surface area contributed by atoms with Crippen LogP contribution in [0.4, 0.5) is 0 Å². The number of hydrogen-bond acceptors (Lipinski definition) is 2. The Morgan fingerprint density at radius 1 is 0.743 bits per heavy atom. The average Bonchev–Trinajstić information content (AvgIpc) is 2.91. The number of hydrogen-bond donors (Lipinski definition) is 0. The molecule has 2 nitrogen and oxygen atoms in total. The third-order valence-corrected chi connectivity index (χ3v) is 7.65. The third-order valence-electron chi connectivity index (χ3n) is 7.65. The quantitative estimate of drug-likeness (QED) is 0.401.